The van der Waals surface area contributed by atoms with Crippen LogP contribution in [0.1, 0.15) is 31.4 Å². The number of phenolic OH excluding ortho intramolecular Hbond substituents is 1. The zero-order valence-electron chi connectivity index (χ0n) is 21.4. The number of benzene rings is 1. The van der Waals surface area contributed by atoms with Gasteiger partial charge in [-0.1, -0.05) is 18.1 Å². The number of nitrogens with zero attached hydrogens (tertiary/aromatic N) is 6. The Labute approximate surface area is 222 Å². The zero-order valence-corrected chi connectivity index (χ0v) is 21.4. The van der Waals surface area contributed by atoms with Gasteiger partial charge >= 0.3 is 0 Å². The summed E-state index contributed by atoms with van der Waals surface area (Å²) in [4.78, 5) is 11.6. The monoisotopic (exact) mass is 511 g/mol. The third-order valence-electron chi connectivity index (χ3n) is 8.05. The van der Waals surface area contributed by atoms with Gasteiger partial charge in [0, 0.05) is 48.7 Å². The summed E-state index contributed by atoms with van der Waals surface area (Å²) in [6, 6.07) is 14.2. The fourth-order valence-electron chi connectivity index (χ4n) is 6.18. The first-order chi connectivity index (χ1) is 18.6. The molecular weight excluding hydrogens is 478 g/mol. The van der Waals surface area contributed by atoms with Gasteiger partial charge in [-0.25, -0.2) is 4.98 Å². The normalized spacial score (nSPS) is 22.9. The number of likely N-dealkylation sites (tertiary alicyclic amines) is 1. The fourth-order valence-corrected chi connectivity index (χ4v) is 6.18. The zero-order chi connectivity index (χ0) is 26.1. The summed E-state index contributed by atoms with van der Waals surface area (Å²) in [6.07, 6.45) is 6.21. The molecule has 6 rings (SSSR count). The van der Waals surface area contributed by atoms with Crippen LogP contribution in [0.3, 0.4) is 0 Å². The van der Waals surface area contributed by atoms with E-state index in [-0.39, 0.29) is 18.4 Å². The molecule has 0 amide bonds. The maximum absolute atomic E-state index is 10.3. The van der Waals surface area contributed by atoms with Gasteiger partial charge in [-0.05, 0) is 68.5 Å². The Bertz CT molecular complexity index is 1360. The minimum atomic E-state index is 0.174. The van der Waals surface area contributed by atoms with E-state index in [0.717, 1.165) is 62.4 Å². The molecule has 9 nitrogen and oxygen atoms in total. The lowest BCUT2D eigenvalue weighted by molar-refractivity contribution is 0.171. The number of pyridine rings is 1. The number of nitrogens with two attached hydrogens (primary N) is 1. The van der Waals surface area contributed by atoms with E-state index in [1.54, 1.807) is 12.1 Å². The molecule has 9 heteroatoms. The van der Waals surface area contributed by atoms with E-state index in [4.69, 9.17) is 5.73 Å². The second kappa shape index (κ2) is 10.5. The molecule has 38 heavy (non-hydrogen) atoms. The number of piperazine rings is 1. The van der Waals surface area contributed by atoms with Crippen molar-refractivity contribution in [2.24, 2.45) is 0 Å². The summed E-state index contributed by atoms with van der Waals surface area (Å²) in [5.41, 5.74) is 10.3. The highest BCUT2D eigenvalue weighted by atomic mass is 16.3. The van der Waals surface area contributed by atoms with E-state index >= 15 is 0 Å². The molecule has 3 fully saturated rings. The highest BCUT2D eigenvalue weighted by molar-refractivity contribution is 5.74. The smallest absolute Gasteiger partial charge is 0.169 e. The molecule has 3 aliphatic heterocycles. The number of nitrogen functional groups attached to an aromatic ring is 1. The molecule has 2 unspecified atom stereocenters. The Balaban J connectivity index is 1.18. The van der Waals surface area contributed by atoms with E-state index in [0.29, 0.717) is 35.7 Å². The van der Waals surface area contributed by atoms with Crippen molar-refractivity contribution < 1.29 is 10.2 Å². The number of fused-ring (bicyclic) bond motifs is 2. The number of aromatic hydroxyl groups is 1. The van der Waals surface area contributed by atoms with E-state index in [2.05, 4.69) is 53.9 Å². The van der Waals surface area contributed by atoms with Crippen LogP contribution in [0, 0.1) is 11.8 Å². The highest BCUT2D eigenvalue weighted by Gasteiger charge is 2.40. The van der Waals surface area contributed by atoms with Gasteiger partial charge in [0.05, 0.1) is 24.5 Å². The first-order valence-electron chi connectivity index (χ1n) is 13.4. The molecule has 2 aromatic heterocycles. The van der Waals surface area contributed by atoms with E-state index in [1.165, 1.54) is 0 Å². The van der Waals surface area contributed by atoms with Gasteiger partial charge in [0.2, 0.25) is 0 Å². The van der Waals surface area contributed by atoms with Crippen molar-refractivity contribution in [3.8, 4) is 28.8 Å². The molecule has 3 aromatic rings. The third-order valence-corrected chi connectivity index (χ3v) is 8.05. The van der Waals surface area contributed by atoms with Crippen molar-refractivity contribution in [3.63, 3.8) is 0 Å². The van der Waals surface area contributed by atoms with Crippen LogP contribution in [-0.2, 0) is 0 Å². The third kappa shape index (κ3) is 4.73. The first kappa shape index (κ1) is 24.5. The number of rotatable bonds is 5. The van der Waals surface area contributed by atoms with E-state index < -0.39 is 0 Å². The summed E-state index contributed by atoms with van der Waals surface area (Å²) in [5, 5.41) is 28.3. The minimum absolute atomic E-state index is 0.174. The molecule has 0 radical (unpaired) electrons. The van der Waals surface area contributed by atoms with Gasteiger partial charge < -0.3 is 25.7 Å². The standard InChI is InChI=1S/C29H33N7O2/c30-29-27(16-26(32-33-29)25-7-1-2-8-28(25)38)35-17-22-9-10-23(18-35)36(22)21-11-12-31-20(15-21)5-3-13-34-14-4-6-24(34)19-37/h1-2,7-8,11-12,15-16,22-24,37-38H,4,6,9-10,13-14,17-19H2,(H2,30,33)/t22?,23?,24-/m1/s1. The Morgan fingerprint density at radius 1 is 1.03 bits per heavy atom. The Kier molecular flexibility index (Phi) is 6.75. The largest absolute Gasteiger partial charge is 0.507 e. The number of anilines is 3. The molecule has 3 saturated heterocycles. The molecule has 2 bridgehead atoms. The molecule has 4 N–H and O–H groups in total. The van der Waals surface area contributed by atoms with Crippen molar-refractivity contribution >= 4 is 17.2 Å². The van der Waals surface area contributed by atoms with Crippen LogP contribution in [-0.4, -0.2) is 81.2 Å². The molecule has 0 saturated carbocycles. The van der Waals surface area contributed by atoms with E-state index in [1.807, 2.05) is 24.4 Å². The number of hydrogen-bond acceptors (Lipinski definition) is 9. The Hall–Kier alpha value is -3.87. The quantitative estimate of drug-likeness (QED) is 0.445. The van der Waals surface area contributed by atoms with Crippen molar-refractivity contribution in [1.29, 1.82) is 0 Å². The van der Waals surface area contributed by atoms with Crippen molar-refractivity contribution in [2.75, 3.05) is 48.3 Å². The van der Waals surface area contributed by atoms with Crippen LogP contribution in [0.15, 0.2) is 48.7 Å². The number of phenols is 1. The predicted octanol–water partition coefficient (Wildman–Crippen LogP) is 2.49. The van der Waals surface area contributed by atoms with Crippen molar-refractivity contribution in [2.45, 2.75) is 43.8 Å². The Morgan fingerprint density at radius 3 is 2.63 bits per heavy atom. The number of aliphatic hydroxyl groups excluding tert-OH is 1. The van der Waals surface area contributed by atoms with Gasteiger partial charge in [0.15, 0.2) is 5.82 Å². The highest BCUT2D eigenvalue weighted by Crippen LogP contribution is 2.39. The lowest BCUT2D eigenvalue weighted by atomic mass is 10.1. The molecule has 0 aliphatic carbocycles. The lowest BCUT2D eigenvalue weighted by Crippen LogP contribution is -2.54. The number of aliphatic hydroxyl groups is 1. The topological polar surface area (TPSA) is 115 Å². The predicted molar refractivity (Wildman–Crippen MR) is 148 cm³/mol. The maximum atomic E-state index is 10.3. The number of hydrogen-bond donors (Lipinski definition) is 3. The van der Waals surface area contributed by atoms with Crippen molar-refractivity contribution in [1.82, 2.24) is 20.1 Å². The lowest BCUT2D eigenvalue weighted by Gasteiger charge is -2.43. The molecule has 1 aromatic carbocycles. The van der Waals surface area contributed by atoms with E-state index in [9.17, 15) is 10.2 Å². The average molecular weight is 512 g/mol. The van der Waals surface area contributed by atoms with Crippen LogP contribution in [0.2, 0.25) is 0 Å². The van der Waals surface area contributed by atoms with Crippen molar-refractivity contribution in [3.05, 3.63) is 54.4 Å². The fraction of sp³-hybridized carbons (Fsp3) is 0.414. The van der Waals surface area contributed by atoms with Gasteiger partial charge in [-0.2, -0.15) is 0 Å². The molecular formula is C29H33N7O2. The minimum Gasteiger partial charge on any atom is -0.507 e. The summed E-state index contributed by atoms with van der Waals surface area (Å²) in [5.74, 6) is 7.08. The summed E-state index contributed by atoms with van der Waals surface area (Å²) in [6.45, 7) is 3.50. The second-order valence-electron chi connectivity index (χ2n) is 10.4. The van der Waals surface area contributed by atoms with Crippen LogP contribution >= 0.6 is 0 Å². The Morgan fingerprint density at radius 2 is 1.84 bits per heavy atom. The van der Waals surface area contributed by atoms with Gasteiger partial charge in [0.25, 0.3) is 0 Å². The SMILES string of the molecule is Nc1nnc(-c2ccccc2O)cc1N1CC2CCC(C1)N2c1ccnc(C#CCN2CCC[C@@H]2CO)c1. The summed E-state index contributed by atoms with van der Waals surface area (Å²) < 4.78 is 0. The number of para-hydroxylation sites is 1. The molecule has 3 atom stereocenters. The summed E-state index contributed by atoms with van der Waals surface area (Å²) >= 11 is 0. The van der Waals surface area contributed by atoms with Crippen LogP contribution in [0.5, 0.6) is 5.75 Å². The average Bonchev–Trinajstić information content (AvgIpc) is 3.50. The second-order valence-corrected chi connectivity index (χ2v) is 10.4. The summed E-state index contributed by atoms with van der Waals surface area (Å²) in [7, 11) is 0. The molecule has 3 aliphatic rings. The van der Waals surface area contributed by atoms with Gasteiger partial charge in [0.1, 0.15) is 11.4 Å². The maximum Gasteiger partial charge on any atom is 0.169 e. The van der Waals surface area contributed by atoms with Crippen LogP contribution < -0.4 is 15.5 Å². The molecule has 5 heterocycles. The van der Waals surface area contributed by atoms with Gasteiger partial charge in [-0.3, -0.25) is 4.90 Å². The van der Waals surface area contributed by atoms with Gasteiger partial charge in [-0.15, -0.1) is 10.2 Å². The number of aromatic nitrogens is 3. The van der Waals surface area contributed by atoms with Crippen LogP contribution in [0.25, 0.3) is 11.3 Å². The molecule has 196 valence electrons. The first-order valence-corrected chi connectivity index (χ1v) is 13.4. The van der Waals surface area contributed by atoms with Crippen LogP contribution in [0.4, 0.5) is 17.2 Å². The molecule has 0 spiro atoms.